The molecule has 1 aliphatic carbocycles. The van der Waals surface area contributed by atoms with Gasteiger partial charge in [0.1, 0.15) is 6.04 Å². The van der Waals surface area contributed by atoms with E-state index in [1.807, 2.05) is 34.6 Å². The van der Waals surface area contributed by atoms with Crippen LogP contribution in [0.4, 0.5) is 0 Å². The summed E-state index contributed by atoms with van der Waals surface area (Å²) in [5.74, 6) is -2.34. The molecule has 1 rings (SSSR count). The van der Waals surface area contributed by atoms with Gasteiger partial charge in [-0.2, -0.15) is 0 Å². The first-order valence-corrected chi connectivity index (χ1v) is 8.79. The third-order valence-electron chi connectivity index (χ3n) is 5.10. The first kappa shape index (κ1) is 20.5. The van der Waals surface area contributed by atoms with E-state index < -0.39 is 28.7 Å². The van der Waals surface area contributed by atoms with E-state index in [2.05, 4.69) is 10.6 Å². The molecule has 1 saturated carbocycles. The second-order valence-electron chi connectivity index (χ2n) is 8.02. The van der Waals surface area contributed by atoms with Gasteiger partial charge in [-0.3, -0.25) is 14.4 Å². The molecule has 0 aromatic rings. The number of carbonyl (C=O) groups excluding carboxylic acids is 2. The molecule has 6 nitrogen and oxygen atoms in total. The van der Waals surface area contributed by atoms with Gasteiger partial charge < -0.3 is 15.7 Å². The number of hydrogen-bond donors (Lipinski definition) is 3. The molecule has 138 valence electrons. The van der Waals surface area contributed by atoms with Crippen molar-refractivity contribution in [2.75, 3.05) is 7.05 Å². The number of nitrogens with one attached hydrogen (secondary N) is 2. The van der Waals surface area contributed by atoms with E-state index in [0.29, 0.717) is 6.42 Å². The van der Waals surface area contributed by atoms with E-state index >= 15 is 0 Å². The predicted molar refractivity (Wildman–Crippen MR) is 92.3 cm³/mol. The van der Waals surface area contributed by atoms with Crippen LogP contribution in [0.25, 0.3) is 0 Å². The number of rotatable bonds is 8. The molecule has 0 spiro atoms. The molecule has 0 unspecified atom stereocenters. The van der Waals surface area contributed by atoms with Crippen molar-refractivity contribution in [1.29, 1.82) is 0 Å². The van der Waals surface area contributed by atoms with Crippen LogP contribution in [0.1, 0.15) is 60.3 Å². The Bertz CT molecular complexity index is 494. The summed E-state index contributed by atoms with van der Waals surface area (Å²) >= 11 is 0. The van der Waals surface area contributed by atoms with Crippen LogP contribution in [0.5, 0.6) is 0 Å². The number of hydrogen-bond acceptors (Lipinski definition) is 3. The molecule has 0 radical (unpaired) electrons. The van der Waals surface area contributed by atoms with Crippen LogP contribution in [0, 0.1) is 22.7 Å². The highest BCUT2D eigenvalue weighted by atomic mass is 16.4. The lowest BCUT2D eigenvalue weighted by Gasteiger charge is -2.38. The number of carboxylic acid groups (broad SMARTS) is 1. The van der Waals surface area contributed by atoms with Gasteiger partial charge in [0.05, 0.1) is 0 Å². The van der Waals surface area contributed by atoms with Crippen LogP contribution in [-0.4, -0.2) is 36.0 Å². The van der Waals surface area contributed by atoms with Gasteiger partial charge in [0, 0.05) is 7.05 Å². The number of carboxylic acids is 1. The van der Waals surface area contributed by atoms with Crippen LogP contribution in [0.15, 0.2) is 0 Å². The van der Waals surface area contributed by atoms with Gasteiger partial charge in [0.25, 0.3) is 0 Å². The third kappa shape index (κ3) is 3.90. The summed E-state index contributed by atoms with van der Waals surface area (Å²) in [6, 6.07) is -0.777. The maximum atomic E-state index is 13.1. The lowest BCUT2D eigenvalue weighted by Crippen LogP contribution is -2.60. The molecule has 3 atom stereocenters. The van der Waals surface area contributed by atoms with Crippen LogP contribution in [0.2, 0.25) is 0 Å². The van der Waals surface area contributed by atoms with Gasteiger partial charge in [0.15, 0.2) is 5.41 Å². The highest BCUT2D eigenvalue weighted by Gasteiger charge is 2.60. The summed E-state index contributed by atoms with van der Waals surface area (Å²) < 4.78 is 0. The molecule has 0 aromatic heterocycles. The molecular formula is C18H32N2O4. The molecule has 0 bridgehead atoms. The van der Waals surface area contributed by atoms with Crippen molar-refractivity contribution in [3.63, 3.8) is 0 Å². The summed E-state index contributed by atoms with van der Waals surface area (Å²) in [5, 5.41) is 15.3. The van der Waals surface area contributed by atoms with Gasteiger partial charge in [-0.1, -0.05) is 41.0 Å². The maximum absolute atomic E-state index is 13.1. The normalized spacial score (nSPS) is 19.8. The molecule has 6 heteroatoms. The van der Waals surface area contributed by atoms with Crippen LogP contribution in [-0.2, 0) is 14.4 Å². The van der Waals surface area contributed by atoms with Crippen molar-refractivity contribution in [3.8, 4) is 0 Å². The Labute approximate surface area is 144 Å². The van der Waals surface area contributed by atoms with Crippen molar-refractivity contribution in [2.24, 2.45) is 22.7 Å². The standard InChI is InChI=1S/C18H32N2O4/c1-7-8-11(2)18(16(23)24,12-9-10-12)15(22)20-13(14(21)19-6)17(3,4)5/h11-13H,7-10H2,1-6H3,(H,19,21)(H,20,22)(H,23,24)/t11-,13-,18+/m1/s1. The Hall–Kier alpha value is -1.59. The summed E-state index contributed by atoms with van der Waals surface area (Å²) in [5.41, 5.74) is -1.97. The van der Waals surface area contributed by atoms with E-state index in [1.54, 1.807) is 0 Å². The van der Waals surface area contributed by atoms with Crippen LogP contribution >= 0.6 is 0 Å². The van der Waals surface area contributed by atoms with Crippen molar-refractivity contribution >= 4 is 17.8 Å². The van der Waals surface area contributed by atoms with Crippen molar-refractivity contribution in [1.82, 2.24) is 10.6 Å². The second-order valence-corrected chi connectivity index (χ2v) is 8.02. The lowest BCUT2D eigenvalue weighted by atomic mass is 9.69. The highest BCUT2D eigenvalue weighted by Crippen LogP contribution is 2.52. The minimum Gasteiger partial charge on any atom is -0.480 e. The number of aliphatic carboxylic acids is 1. The average molecular weight is 340 g/mol. The second kappa shape index (κ2) is 7.53. The predicted octanol–water partition coefficient (Wildman–Crippen LogP) is 2.18. The molecule has 2 amide bonds. The number of carbonyl (C=O) groups is 3. The Morgan fingerprint density at radius 2 is 1.75 bits per heavy atom. The van der Waals surface area contributed by atoms with Gasteiger partial charge in [0.2, 0.25) is 11.8 Å². The van der Waals surface area contributed by atoms with E-state index in [4.69, 9.17) is 0 Å². The summed E-state index contributed by atoms with van der Waals surface area (Å²) in [7, 11) is 1.51. The monoisotopic (exact) mass is 340 g/mol. The molecule has 0 aliphatic heterocycles. The molecular weight excluding hydrogens is 308 g/mol. The summed E-state index contributed by atoms with van der Waals surface area (Å²) in [4.78, 5) is 37.5. The summed E-state index contributed by atoms with van der Waals surface area (Å²) in [6.07, 6.45) is 2.96. The van der Waals surface area contributed by atoms with Crippen molar-refractivity contribution in [3.05, 3.63) is 0 Å². The zero-order chi connectivity index (χ0) is 18.7. The number of likely N-dealkylation sites (N-methyl/N-ethyl adjacent to an activating group) is 1. The van der Waals surface area contributed by atoms with Crippen LogP contribution in [0.3, 0.4) is 0 Å². The van der Waals surface area contributed by atoms with Gasteiger partial charge >= 0.3 is 5.97 Å². The minimum absolute atomic E-state index is 0.151. The number of amides is 2. The molecule has 3 N–H and O–H groups in total. The fourth-order valence-corrected chi connectivity index (χ4v) is 3.56. The Balaban J connectivity index is 3.20. The largest absolute Gasteiger partial charge is 0.480 e. The van der Waals surface area contributed by atoms with Crippen LogP contribution < -0.4 is 10.6 Å². The molecule has 24 heavy (non-hydrogen) atoms. The Morgan fingerprint density at radius 3 is 2.08 bits per heavy atom. The van der Waals surface area contributed by atoms with E-state index in [-0.39, 0.29) is 17.7 Å². The van der Waals surface area contributed by atoms with E-state index in [0.717, 1.165) is 19.3 Å². The maximum Gasteiger partial charge on any atom is 0.319 e. The fourth-order valence-electron chi connectivity index (χ4n) is 3.56. The lowest BCUT2D eigenvalue weighted by molar-refractivity contribution is -0.163. The third-order valence-corrected chi connectivity index (χ3v) is 5.10. The molecule has 0 aromatic carbocycles. The van der Waals surface area contributed by atoms with Gasteiger partial charge in [-0.15, -0.1) is 0 Å². The summed E-state index contributed by atoms with van der Waals surface area (Å²) in [6.45, 7) is 9.37. The SMILES string of the molecule is CCC[C@@H](C)[C@@](C(=O)O)(C(=O)N[C@H](C(=O)NC)C(C)(C)C)C1CC1. The molecule has 0 heterocycles. The zero-order valence-corrected chi connectivity index (χ0v) is 15.7. The molecule has 1 fully saturated rings. The minimum atomic E-state index is -1.45. The smallest absolute Gasteiger partial charge is 0.319 e. The highest BCUT2D eigenvalue weighted by molar-refractivity contribution is 6.04. The zero-order valence-electron chi connectivity index (χ0n) is 15.7. The topological polar surface area (TPSA) is 95.5 Å². The first-order valence-electron chi connectivity index (χ1n) is 8.79. The molecule has 1 aliphatic rings. The average Bonchev–Trinajstić information content (AvgIpc) is 3.28. The van der Waals surface area contributed by atoms with Crippen molar-refractivity contribution in [2.45, 2.75) is 66.3 Å². The van der Waals surface area contributed by atoms with Gasteiger partial charge in [-0.05, 0) is 36.5 Å². The van der Waals surface area contributed by atoms with E-state index in [9.17, 15) is 19.5 Å². The first-order chi connectivity index (χ1) is 11.0. The van der Waals surface area contributed by atoms with Crippen molar-refractivity contribution < 1.29 is 19.5 Å². The molecule has 0 saturated heterocycles. The van der Waals surface area contributed by atoms with Gasteiger partial charge in [-0.25, -0.2) is 0 Å². The Kier molecular flexibility index (Phi) is 6.42. The Morgan fingerprint density at radius 1 is 1.21 bits per heavy atom. The quantitative estimate of drug-likeness (QED) is 0.590. The van der Waals surface area contributed by atoms with E-state index in [1.165, 1.54) is 7.05 Å². The fraction of sp³-hybridized carbons (Fsp3) is 0.833.